The zero-order valence-corrected chi connectivity index (χ0v) is 20.2. The molecule has 0 saturated carbocycles. The van der Waals surface area contributed by atoms with E-state index in [0.717, 1.165) is 5.69 Å². The van der Waals surface area contributed by atoms with Crippen LogP contribution in [0.5, 0.6) is 11.5 Å². The number of ether oxygens (including phenoxy) is 2. The predicted molar refractivity (Wildman–Crippen MR) is 127 cm³/mol. The summed E-state index contributed by atoms with van der Waals surface area (Å²) in [4.78, 5) is 39.6. The smallest absolute Gasteiger partial charge is 0.323 e. The minimum absolute atomic E-state index is 0.0340. The maximum atomic E-state index is 12.7. The molecule has 0 bridgehead atoms. The number of carboxylic acids is 1. The largest absolute Gasteiger partial charge is 0.480 e. The molecule has 3 N–H and O–H groups in total. The molecule has 2 amide bonds. The van der Waals surface area contributed by atoms with Gasteiger partial charge in [-0.2, -0.15) is 9.98 Å². The van der Waals surface area contributed by atoms with Gasteiger partial charge in [0, 0.05) is 31.4 Å². The van der Waals surface area contributed by atoms with Crippen molar-refractivity contribution >= 4 is 33.5 Å². The highest BCUT2D eigenvalue weighted by atomic mass is 32.2. The number of carboxylic acid groups (broad SMARTS) is 1. The second kappa shape index (κ2) is 10.7. The molecule has 37 heavy (non-hydrogen) atoms. The molecule has 2 aromatic rings. The molecule has 194 valence electrons. The average molecular weight is 530 g/mol. The molecule has 1 fully saturated rings. The summed E-state index contributed by atoms with van der Waals surface area (Å²) in [6.07, 6.45) is 0. The fourth-order valence-corrected chi connectivity index (χ4v) is 4.97. The Kier molecular flexibility index (Phi) is 7.46. The van der Waals surface area contributed by atoms with Crippen LogP contribution in [0.2, 0.25) is 0 Å². The number of nitrogens with zero attached hydrogens (tertiary/aromatic N) is 3. The number of sulfonamides is 1. The van der Waals surface area contributed by atoms with Gasteiger partial charge in [0.2, 0.25) is 28.6 Å². The minimum atomic E-state index is -4.25. The van der Waals surface area contributed by atoms with Gasteiger partial charge in [-0.3, -0.25) is 14.4 Å². The van der Waals surface area contributed by atoms with E-state index in [-0.39, 0.29) is 43.0 Å². The molecule has 14 heteroatoms. The number of nitriles is 1. The van der Waals surface area contributed by atoms with Gasteiger partial charge in [0.05, 0.1) is 29.6 Å². The van der Waals surface area contributed by atoms with E-state index in [1.807, 2.05) is 11.0 Å². The third kappa shape index (κ3) is 6.08. The summed E-state index contributed by atoms with van der Waals surface area (Å²) in [6.45, 7) is -0.142. The summed E-state index contributed by atoms with van der Waals surface area (Å²) in [5, 5.41) is 20.8. The van der Waals surface area contributed by atoms with E-state index in [9.17, 15) is 27.9 Å². The van der Waals surface area contributed by atoms with Crippen molar-refractivity contribution in [2.24, 2.45) is 0 Å². The van der Waals surface area contributed by atoms with Crippen LogP contribution in [0.1, 0.15) is 5.56 Å². The summed E-state index contributed by atoms with van der Waals surface area (Å²) in [5.41, 5.74) is 1.28. The quantitative estimate of drug-likeness (QED) is 0.383. The number of rotatable bonds is 9. The van der Waals surface area contributed by atoms with Crippen molar-refractivity contribution in [2.75, 3.05) is 44.4 Å². The van der Waals surface area contributed by atoms with Crippen LogP contribution in [0.15, 0.2) is 47.4 Å². The summed E-state index contributed by atoms with van der Waals surface area (Å²) in [5.74, 6) is -1.84. The van der Waals surface area contributed by atoms with E-state index in [2.05, 4.69) is 10.0 Å². The van der Waals surface area contributed by atoms with Crippen molar-refractivity contribution in [2.45, 2.75) is 10.9 Å². The molecule has 0 unspecified atom stereocenters. The van der Waals surface area contributed by atoms with Crippen molar-refractivity contribution in [1.82, 2.24) is 14.9 Å². The Labute approximate surface area is 212 Å². The van der Waals surface area contributed by atoms with Crippen LogP contribution in [-0.4, -0.2) is 81.8 Å². The monoisotopic (exact) mass is 529 g/mol. The Bertz CT molecular complexity index is 1360. The van der Waals surface area contributed by atoms with Crippen LogP contribution in [-0.2, 0) is 24.4 Å². The van der Waals surface area contributed by atoms with Crippen LogP contribution in [0.4, 0.5) is 5.69 Å². The first-order valence-corrected chi connectivity index (χ1v) is 12.6. The Hall–Kier alpha value is -4.35. The number of fused-ring (bicyclic) bond motifs is 1. The third-order valence-corrected chi connectivity index (χ3v) is 7.24. The lowest BCUT2D eigenvalue weighted by Gasteiger charge is -2.35. The fraction of sp³-hybridized carbons (Fsp3) is 0.304. The molecule has 2 aliphatic rings. The highest BCUT2D eigenvalue weighted by molar-refractivity contribution is 7.89. The number of aliphatic carboxylic acids is 1. The molecule has 2 aromatic carbocycles. The van der Waals surface area contributed by atoms with Gasteiger partial charge in [-0.05, 0) is 36.4 Å². The van der Waals surface area contributed by atoms with Gasteiger partial charge in [-0.25, -0.2) is 8.42 Å². The number of hydrogen-bond acceptors (Lipinski definition) is 9. The van der Waals surface area contributed by atoms with Crippen LogP contribution >= 0.6 is 0 Å². The van der Waals surface area contributed by atoms with Gasteiger partial charge in [0.15, 0.2) is 11.5 Å². The number of benzene rings is 2. The summed E-state index contributed by atoms with van der Waals surface area (Å²) >= 11 is 0. The Balaban J connectivity index is 1.30. The lowest BCUT2D eigenvalue weighted by atomic mass is 10.2. The van der Waals surface area contributed by atoms with Crippen LogP contribution in [0.3, 0.4) is 0 Å². The van der Waals surface area contributed by atoms with E-state index in [1.54, 1.807) is 24.3 Å². The zero-order chi connectivity index (χ0) is 26.6. The summed E-state index contributed by atoms with van der Waals surface area (Å²) in [6, 6.07) is 11.0. The molecule has 2 aliphatic heterocycles. The van der Waals surface area contributed by atoms with Crippen molar-refractivity contribution in [3.8, 4) is 17.6 Å². The Morgan fingerprint density at radius 2 is 1.84 bits per heavy atom. The van der Waals surface area contributed by atoms with Gasteiger partial charge in [0.1, 0.15) is 6.04 Å². The summed E-state index contributed by atoms with van der Waals surface area (Å²) in [7, 11) is -4.25. The molecule has 2 heterocycles. The van der Waals surface area contributed by atoms with Crippen molar-refractivity contribution in [1.29, 1.82) is 5.26 Å². The molecule has 0 aliphatic carbocycles. The van der Waals surface area contributed by atoms with Gasteiger partial charge < -0.3 is 29.7 Å². The molecule has 1 saturated heterocycles. The number of piperazine rings is 1. The Morgan fingerprint density at radius 1 is 1.11 bits per heavy atom. The van der Waals surface area contributed by atoms with E-state index in [4.69, 9.17) is 14.7 Å². The molecule has 13 nitrogen and oxygen atoms in total. The minimum Gasteiger partial charge on any atom is -0.480 e. The molecule has 4 rings (SSSR count). The van der Waals surface area contributed by atoms with Crippen LogP contribution in [0.25, 0.3) is 0 Å². The number of anilines is 1. The van der Waals surface area contributed by atoms with E-state index < -0.39 is 34.5 Å². The van der Waals surface area contributed by atoms with Crippen molar-refractivity contribution in [3.05, 3.63) is 48.0 Å². The van der Waals surface area contributed by atoms with E-state index in [1.165, 1.54) is 23.1 Å². The first-order chi connectivity index (χ1) is 17.7. The molecular weight excluding hydrogens is 506 g/mol. The van der Waals surface area contributed by atoms with E-state index in [0.29, 0.717) is 17.9 Å². The van der Waals surface area contributed by atoms with Gasteiger partial charge in [0.25, 0.3) is 0 Å². The van der Waals surface area contributed by atoms with E-state index >= 15 is 0 Å². The third-order valence-electron chi connectivity index (χ3n) is 5.77. The SMILES string of the molecule is N#Cc1ccc(N2CCN(CC(=O)NC[C@H](NS(=O)(=O)c3ccc4c(c3)OCO4)C(=O)O)C(=O)C2)cc1. The molecule has 0 aromatic heterocycles. The summed E-state index contributed by atoms with van der Waals surface area (Å²) < 4.78 is 37.7. The molecule has 0 spiro atoms. The first-order valence-electron chi connectivity index (χ1n) is 11.1. The molecular formula is C23H23N5O8S. The number of carbonyl (C=O) groups is 3. The maximum Gasteiger partial charge on any atom is 0.323 e. The number of hydrogen-bond donors (Lipinski definition) is 3. The van der Waals surface area contributed by atoms with Crippen LogP contribution < -0.4 is 24.4 Å². The Morgan fingerprint density at radius 3 is 2.51 bits per heavy atom. The van der Waals surface area contributed by atoms with Gasteiger partial charge >= 0.3 is 5.97 Å². The number of nitrogens with one attached hydrogen (secondary N) is 2. The zero-order valence-electron chi connectivity index (χ0n) is 19.4. The lowest BCUT2D eigenvalue weighted by Crippen LogP contribution is -2.54. The van der Waals surface area contributed by atoms with Gasteiger partial charge in [-0.15, -0.1) is 0 Å². The first kappa shape index (κ1) is 25.7. The van der Waals surface area contributed by atoms with Crippen molar-refractivity contribution in [3.63, 3.8) is 0 Å². The molecule has 0 radical (unpaired) electrons. The molecule has 1 atom stereocenters. The standard InChI is InChI=1S/C23H23N5O8S/c24-10-15-1-3-16(4-2-15)27-7-8-28(22(30)13-27)12-21(29)25-11-18(23(31)32)26-37(33,34)17-5-6-19-20(9-17)36-14-35-19/h1-6,9,18,26H,7-8,11-14H2,(H,25,29)(H,31,32)/t18-/m0/s1. The highest BCUT2D eigenvalue weighted by Gasteiger charge is 2.29. The fourth-order valence-electron chi connectivity index (χ4n) is 3.77. The average Bonchev–Trinajstić information content (AvgIpc) is 3.36. The van der Waals surface area contributed by atoms with Crippen molar-refractivity contribution < 1.29 is 37.4 Å². The second-order valence-electron chi connectivity index (χ2n) is 8.23. The highest BCUT2D eigenvalue weighted by Crippen LogP contribution is 2.33. The predicted octanol–water partition coefficient (Wildman–Crippen LogP) is -0.517. The van der Waals surface area contributed by atoms with Gasteiger partial charge in [-0.1, -0.05) is 0 Å². The second-order valence-corrected chi connectivity index (χ2v) is 9.94. The number of carbonyl (C=O) groups excluding carboxylic acids is 2. The van der Waals surface area contributed by atoms with Crippen LogP contribution in [0, 0.1) is 11.3 Å². The maximum absolute atomic E-state index is 12.7. The number of amides is 2. The normalized spacial score (nSPS) is 15.7. The topological polar surface area (TPSA) is 178 Å². The lowest BCUT2D eigenvalue weighted by molar-refractivity contribution is -0.139.